The van der Waals surface area contributed by atoms with Crippen LogP contribution in [-0.4, -0.2) is 65.9 Å². The van der Waals surface area contributed by atoms with Crippen LogP contribution in [0.1, 0.15) is 56.0 Å². The van der Waals surface area contributed by atoms with Gasteiger partial charge in [0.05, 0.1) is 40.6 Å². The number of fused-ring (bicyclic) bond motifs is 2. The zero-order valence-corrected chi connectivity index (χ0v) is 23.8. The number of likely N-dealkylation sites (tertiary alicyclic amines) is 1. The Morgan fingerprint density at radius 2 is 1.70 bits per heavy atom. The lowest BCUT2D eigenvalue weighted by molar-refractivity contribution is -0.00570. The number of ketones is 1. The summed E-state index contributed by atoms with van der Waals surface area (Å²) in [7, 11) is 1.86. The van der Waals surface area contributed by atoms with Crippen LogP contribution in [0.4, 0.5) is 0 Å². The van der Waals surface area contributed by atoms with Crippen molar-refractivity contribution in [3.63, 3.8) is 0 Å². The number of Topliss-reactive ketones (excluding diaryl/α,β-unsaturated/α-hetero) is 1. The summed E-state index contributed by atoms with van der Waals surface area (Å²) in [6, 6.07) is 17.8. The van der Waals surface area contributed by atoms with Crippen LogP contribution < -0.4 is 4.74 Å². The summed E-state index contributed by atoms with van der Waals surface area (Å²) in [6.07, 6.45) is 5.11. The van der Waals surface area contributed by atoms with Gasteiger partial charge in [0.15, 0.2) is 5.78 Å². The number of carbonyl (C=O) groups excluding carboxylic acids is 2. The minimum atomic E-state index is -0.985. The Morgan fingerprint density at radius 1 is 0.953 bits per heavy atom. The number of carbonyl (C=O) groups is 3. The predicted octanol–water partition coefficient (Wildman–Crippen LogP) is 5.07. The number of benzene rings is 3. The fourth-order valence-corrected chi connectivity index (χ4v) is 6.17. The average molecular weight is 576 g/mol. The highest BCUT2D eigenvalue weighted by Gasteiger charge is 2.44. The van der Waals surface area contributed by atoms with Gasteiger partial charge in [0.25, 0.3) is 5.91 Å². The van der Waals surface area contributed by atoms with Crippen molar-refractivity contribution in [1.82, 2.24) is 24.5 Å². The standard InChI is InChI=1S/C33H29N5O5/c1-20-26-16-23(5-9-28(26)38(35-20)25-7-3-21(4-8-25)32(41)42)31(40)37-13-11-33(12-14-37)17-29(39)27-15-22(6-10-30(27)43-33)24-18-34-36(2)19-24/h3-10,15-16,18-19H,11-14,17H2,1-2H3,(H,41,42). The van der Waals surface area contributed by atoms with Crippen molar-refractivity contribution in [2.45, 2.75) is 31.8 Å². The second-order valence-electron chi connectivity index (χ2n) is 11.4. The van der Waals surface area contributed by atoms with E-state index in [1.165, 1.54) is 0 Å². The summed E-state index contributed by atoms with van der Waals surface area (Å²) >= 11 is 0. The second kappa shape index (κ2) is 9.94. The van der Waals surface area contributed by atoms with Crippen molar-refractivity contribution in [2.75, 3.05) is 13.1 Å². The molecule has 43 heavy (non-hydrogen) atoms. The topological polar surface area (TPSA) is 120 Å². The van der Waals surface area contributed by atoms with Crippen LogP contribution in [0.5, 0.6) is 5.75 Å². The van der Waals surface area contributed by atoms with E-state index < -0.39 is 11.6 Å². The van der Waals surface area contributed by atoms with Crippen LogP contribution in [0.3, 0.4) is 0 Å². The van der Waals surface area contributed by atoms with E-state index in [2.05, 4.69) is 10.2 Å². The molecule has 5 aromatic rings. The second-order valence-corrected chi connectivity index (χ2v) is 11.4. The largest absolute Gasteiger partial charge is 0.486 e. The minimum Gasteiger partial charge on any atom is -0.486 e. The van der Waals surface area contributed by atoms with Gasteiger partial charge in [-0.2, -0.15) is 10.2 Å². The summed E-state index contributed by atoms with van der Waals surface area (Å²) in [5.41, 5.74) is 4.95. The first kappa shape index (κ1) is 26.6. The van der Waals surface area contributed by atoms with E-state index in [1.807, 2.05) is 55.4 Å². The van der Waals surface area contributed by atoms with Gasteiger partial charge in [0, 0.05) is 55.7 Å². The van der Waals surface area contributed by atoms with E-state index in [0.29, 0.717) is 42.8 Å². The molecule has 0 saturated carbocycles. The van der Waals surface area contributed by atoms with Crippen molar-refractivity contribution < 1.29 is 24.2 Å². The molecule has 1 N–H and O–H groups in total. The first-order valence-corrected chi connectivity index (χ1v) is 14.2. The maximum absolute atomic E-state index is 13.6. The van der Waals surface area contributed by atoms with Crippen LogP contribution in [0, 0.1) is 6.92 Å². The Labute approximate surface area is 247 Å². The molecule has 0 radical (unpaired) electrons. The lowest BCUT2D eigenvalue weighted by atomic mass is 9.82. The normalized spacial score (nSPS) is 15.9. The van der Waals surface area contributed by atoms with Gasteiger partial charge < -0.3 is 14.7 Å². The van der Waals surface area contributed by atoms with Gasteiger partial charge in [0.1, 0.15) is 11.4 Å². The van der Waals surface area contributed by atoms with Gasteiger partial charge in [-0.05, 0) is 67.1 Å². The summed E-state index contributed by atoms with van der Waals surface area (Å²) in [5, 5.41) is 18.9. The van der Waals surface area contributed by atoms with Gasteiger partial charge in [-0.1, -0.05) is 6.07 Å². The molecule has 1 fully saturated rings. The molecule has 2 aliphatic heterocycles. The maximum atomic E-state index is 13.6. The molecule has 0 atom stereocenters. The Hall–Kier alpha value is -5.25. The van der Waals surface area contributed by atoms with Crippen molar-refractivity contribution in [3.8, 4) is 22.6 Å². The van der Waals surface area contributed by atoms with Crippen LogP contribution in [0.15, 0.2) is 73.1 Å². The van der Waals surface area contributed by atoms with Crippen molar-refractivity contribution in [3.05, 3.63) is 95.4 Å². The van der Waals surface area contributed by atoms with Crippen molar-refractivity contribution in [1.29, 1.82) is 0 Å². The van der Waals surface area contributed by atoms with Crippen LogP contribution in [-0.2, 0) is 7.05 Å². The smallest absolute Gasteiger partial charge is 0.335 e. The molecule has 1 amide bonds. The zero-order valence-electron chi connectivity index (χ0n) is 23.8. The number of piperidine rings is 1. The van der Waals surface area contributed by atoms with Crippen molar-refractivity contribution >= 4 is 28.6 Å². The number of carboxylic acids is 1. The summed E-state index contributed by atoms with van der Waals surface area (Å²) in [5.74, 6) is -0.401. The first-order chi connectivity index (χ1) is 20.7. The number of rotatable bonds is 4. The molecule has 2 aromatic heterocycles. The molecule has 216 valence electrons. The van der Waals surface area contributed by atoms with E-state index in [0.717, 1.165) is 33.4 Å². The third-order valence-electron chi connectivity index (χ3n) is 8.56. The van der Waals surface area contributed by atoms with Crippen LogP contribution in [0.2, 0.25) is 0 Å². The molecule has 0 bridgehead atoms. The van der Waals surface area contributed by atoms with Gasteiger partial charge in [-0.3, -0.25) is 14.3 Å². The zero-order chi connectivity index (χ0) is 29.9. The number of hydrogen-bond donors (Lipinski definition) is 1. The molecule has 4 heterocycles. The third kappa shape index (κ3) is 4.64. The summed E-state index contributed by atoms with van der Waals surface area (Å²) < 4.78 is 9.96. The maximum Gasteiger partial charge on any atom is 0.335 e. The third-order valence-corrected chi connectivity index (χ3v) is 8.56. The number of ether oxygens (including phenoxy) is 1. The number of aromatic carboxylic acids is 1. The van der Waals surface area contributed by atoms with Gasteiger partial charge in [0.2, 0.25) is 0 Å². The van der Waals surface area contributed by atoms with Crippen LogP contribution in [0.25, 0.3) is 27.7 Å². The molecule has 0 unspecified atom stereocenters. The molecule has 1 saturated heterocycles. The van der Waals surface area contributed by atoms with Crippen molar-refractivity contribution in [2.24, 2.45) is 7.05 Å². The Morgan fingerprint density at radius 3 is 2.40 bits per heavy atom. The molecule has 0 aliphatic carbocycles. The molecule has 2 aliphatic rings. The van der Waals surface area contributed by atoms with Gasteiger partial charge in [-0.25, -0.2) is 9.48 Å². The number of nitrogens with zero attached hydrogens (tertiary/aromatic N) is 5. The Bertz CT molecular complexity index is 1930. The Balaban J connectivity index is 1.07. The van der Waals surface area contributed by atoms with E-state index in [4.69, 9.17) is 4.74 Å². The number of amides is 1. The lowest BCUT2D eigenvalue weighted by Gasteiger charge is -2.44. The van der Waals surface area contributed by atoms with Crippen LogP contribution >= 0.6 is 0 Å². The monoisotopic (exact) mass is 575 g/mol. The van der Waals surface area contributed by atoms with E-state index in [9.17, 15) is 19.5 Å². The number of hydrogen-bond acceptors (Lipinski definition) is 6. The van der Waals surface area contributed by atoms with E-state index in [1.54, 1.807) is 45.9 Å². The molecular weight excluding hydrogens is 546 g/mol. The fraction of sp³-hybridized carbons (Fsp3) is 0.242. The number of aromatic nitrogens is 4. The highest BCUT2D eigenvalue weighted by molar-refractivity contribution is 6.02. The molecule has 3 aromatic carbocycles. The lowest BCUT2D eigenvalue weighted by Crippen LogP contribution is -2.52. The van der Waals surface area contributed by atoms with E-state index in [-0.39, 0.29) is 23.7 Å². The fourth-order valence-electron chi connectivity index (χ4n) is 6.17. The van der Waals surface area contributed by atoms with Gasteiger partial charge >= 0.3 is 5.97 Å². The summed E-state index contributed by atoms with van der Waals surface area (Å²) in [6.45, 7) is 2.86. The number of aryl methyl sites for hydroxylation is 2. The first-order valence-electron chi connectivity index (χ1n) is 14.2. The number of carboxylic acid groups (broad SMARTS) is 1. The minimum absolute atomic E-state index is 0.0577. The molecule has 10 nitrogen and oxygen atoms in total. The highest BCUT2D eigenvalue weighted by Crippen LogP contribution is 2.41. The molecule has 10 heteroatoms. The predicted molar refractivity (Wildman–Crippen MR) is 159 cm³/mol. The summed E-state index contributed by atoms with van der Waals surface area (Å²) in [4.78, 5) is 39.9. The highest BCUT2D eigenvalue weighted by atomic mass is 16.5. The van der Waals surface area contributed by atoms with E-state index >= 15 is 0 Å². The molecule has 1 spiro atoms. The SMILES string of the molecule is Cc1nn(-c2ccc(C(=O)O)cc2)c2ccc(C(=O)N3CCC4(CC3)CC(=O)c3cc(-c5cnn(C)c5)ccc3O4)cc12. The average Bonchev–Trinajstić information content (AvgIpc) is 3.59. The Kier molecular flexibility index (Phi) is 6.16. The molecule has 7 rings (SSSR count). The molecular formula is C33H29N5O5. The van der Waals surface area contributed by atoms with Gasteiger partial charge in [-0.15, -0.1) is 0 Å². The quantitative estimate of drug-likeness (QED) is 0.318.